The third-order valence-electron chi connectivity index (χ3n) is 5.65. The first-order valence-corrected chi connectivity index (χ1v) is 11.5. The Hall–Kier alpha value is -2.58. The van der Waals surface area contributed by atoms with Crippen LogP contribution in [0.3, 0.4) is 0 Å². The van der Waals surface area contributed by atoms with Crippen molar-refractivity contribution in [2.75, 3.05) is 29.9 Å². The molecule has 30 heavy (non-hydrogen) atoms. The third-order valence-corrected chi connectivity index (χ3v) is 7.01. The molecule has 0 spiro atoms. The second kappa shape index (κ2) is 7.92. The Morgan fingerprint density at radius 1 is 1.20 bits per heavy atom. The van der Waals surface area contributed by atoms with Gasteiger partial charge in [-0.25, -0.2) is 8.42 Å². The number of ether oxygens (including phenoxy) is 2. The molecule has 1 fully saturated rings. The first-order chi connectivity index (χ1) is 14.3. The summed E-state index contributed by atoms with van der Waals surface area (Å²) in [4.78, 5) is 14.7. The van der Waals surface area contributed by atoms with Crippen molar-refractivity contribution >= 4 is 27.3 Å². The van der Waals surface area contributed by atoms with Crippen LogP contribution >= 0.6 is 0 Å². The van der Waals surface area contributed by atoms with Gasteiger partial charge in [0, 0.05) is 18.8 Å². The number of rotatable bonds is 5. The molecule has 8 heteroatoms. The minimum absolute atomic E-state index is 0.0485. The molecule has 1 atom stereocenters. The van der Waals surface area contributed by atoms with Crippen molar-refractivity contribution in [1.82, 2.24) is 0 Å². The lowest BCUT2D eigenvalue weighted by Gasteiger charge is -2.21. The molecule has 1 unspecified atom stereocenters. The van der Waals surface area contributed by atoms with Crippen LogP contribution in [0.2, 0.25) is 0 Å². The van der Waals surface area contributed by atoms with Gasteiger partial charge in [0.1, 0.15) is 11.9 Å². The Kier molecular flexibility index (Phi) is 5.46. The third kappa shape index (κ3) is 3.77. The molecule has 1 saturated heterocycles. The fourth-order valence-electron chi connectivity index (χ4n) is 4.22. The summed E-state index contributed by atoms with van der Waals surface area (Å²) in [6, 6.07) is 8.53. The molecule has 4 rings (SSSR count). The van der Waals surface area contributed by atoms with Crippen LogP contribution in [0.15, 0.2) is 35.2 Å². The van der Waals surface area contributed by atoms with Gasteiger partial charge in [0.25, 0.3) is 15.9 Å². The normalized spacial score (nSPS) is 18.4. The number of fused-ring (bicyclic) bond motifs is 1. The fourth-order valence-corrected chi connectivity index (χ4v) is 5.44. The number of nitrogens with one attached hydrogen (secondary N) is 1. The van der Waals surface area contributed by atoms with Crippen molar-refractivity contribution in [2.45, 2.75) is 44.1 Å². The Morgan fingerprint density at radius 3 is 2.57 bits per heavy atom. The quantitative estimate of drug-likeness (QED) is 0.788. The van der Waals surface area contributed by atoms with Crippen LogP contribution in [0.1, 0.15) is 29.5 Å². The lowest BCUT2D eigenvalue weighted by Crippen LogP contribution is -2.37. The molecule has 2 aromatic carbocycles. The van der Waals surface area contributed by atoms with Gasteiger partial charge >= 0.3 is 0 Å². The van der Waals surface area contributed by atoms with Crippen LogP contribution < -0.4 is 14.4 Å². The molecule has 0 radical (unpaired) electrons. The lowest BCUT2D eigenvalue weighted by atomic mass is 10.1. The predicted octanol–water partition coefficient (Wildman–Crippen LogP) is 3.18. The van der Waals surface area contributed by atoms with E-state index in [1.165, 1.54) is 0 Å². The molecule has 0 bridgehead atoms. The molecule has 2 aliphatic rings. The van der Waals surface area contributed by atoms with Crippen LogP contribution in [0.25, 0.3) is 0 Å². The van der Waals surface area contributed by atoms with Gasteiger partial charge in [-0.05, 0) is 74.1 Å². The molecule has 1 amide bonds. The molecule has 0 aromatic heterocycles. The fraction of sp³-hybridized carbons (Fsp3) is 0.409. The highest BCUT2D eigenvalue weighted by Crippen LogP contribution is 2.34. The molecular weight excluding hydrogens is 404 g/mol. The van der Waals surface area contributed by atoms with E-state index in [0.29, 0.717) is 24.6 Å². The number of anilines is 2. The van der Waals surface area contributed by atoms with Crippen molar-refractivity contribution in [2.24, 2.45) is 0 Å². The van der Waals surface area contributed by atoms with Gasteiger partial charge in [0.15, 0.2) is 0 Å². The van der Waals surface area contributed by atoms with Crippen LogP contribution in [0.4, 0.5) is 11.4 Å². The summed E-state index contributed by atoms with van der Waals surface area (Å²) in [5.41, 5.74) is 3.70. The molecule has 2 aliphatic heterocycles. The summed E-state index contributed by atoms with van der Waals surface area (Å²) in [6.45, 7) is 4.82. The van der Waals surface area contributed by atoms with Crippen LogP contribution in [-0.2, 0) is 26.0 Å². The maximum absolute atomic E-state index is 13.0. The van der Waals surface area contributed by atoms with Crippen molar-refractivity contribution < 1.29 is 22.7 Å². The second-order valence-corrected chi connectivity index (χ2v) is 9.46. The molecule has 1 N–H and O–H groups in total. The smallest absolute Gasteiger partial charge is 0.261 e. The standard InChI is InChI=1S/C22H26N2O5S/c1-14-11-18(12-15(2)21(14)28-3)30(26,27)23-17-7-6-16-8-9-24(19(16)13-17)22(25)20-5-4-10-29-20/h6-7,11-13,20,23H,4-5,8-10H2,1-3H3. The topological polar surface area (TPSA) is 84.9 Å². The van der Waals surface area contributed by atoms with E-state index in [-0.39, 0.29) is 10.8 Å². The highest BCUT2D eigenvalue weighted by molar-refractivity contribution is 7.92. The monoisotopic (exact) mass is 430 g/mol. The first-order valence-electron chi connectivity index (χ1n) is 10.0. The number of nitrogens with zero attached hydrogens (tertiary/aromatic N) is 1. The van der Waals surface area contributed by atoms with E-state index in [0.717, 1.165) is 41.6 Å². The van der Waals surface area contributed by atoms with E-state index in [1.807, 2.05) is 19.9 Å². The number of amides is 1. The number of carbonyl (C=O) groups excluding carboxylic acids is 1. The van der Waals surface area contributed by atoms with Gasteiger partial charge in [0.05, 0.1) is 17.7 Å². The first kappa shape index (κ1) is 20.7. The Balaban J connectivity index is 1.60. The van der Waals surface area contributed by atoms with Gasteiger partial charge in [0.2, 0.25) is 0 Å². The van der Waals surface area contributed by atoms with E-state index in [4.69, 9.17) is 9.47 Å². The number of carbonyl (C=O) groups is 1. The zero-order valence-electron chi connectivity index (χ0n) is 17.4. The average Bonchev–Trinajstić information content (AvgIpc) is 3.37. The minimum Gasteiger partial charge on any atom is -0.496 e. The Morgan fingerprint density at radius 2 is 1.93 bits per heavy atom. The summed E-state index contributed by atoms with van der Waals surface area (Å²) < 4.78 is 39.5. The lowest BCUT2D eigenvalue weighted by molar-refractivity contribution is -0.127. The highest BCUT2D eigenvalue weighted by Gasteiger charge is 2.33. The van der Waals surface area contributed by atoms with Crippen LogP contribution in [0, 0.1) is 13.8 Å². The number of sulfonamides is 1. The molecule has 0 aliphatic carbocycles. The van der Waals surface area contributed by atoms with E-state index >= 15 is 0 Å². The van der Waals surface area contributed by atoms with Gasteiger partial charge in [-0.1, -0.05) is 6.07 Å². The van der Waals surface area contributed by atoms with E-state index in [9.17, 15) is 13.2 Å². The summed E-state index contributed by atoms with van der Waals surface area (Å²) in [5, 5.41) is 0. The summed E-state index contributed by atoms with van der Waals surface area (Å²) in [5.74, 6) is 0.627. The SMILES string of the molecule is COc1c(C)cc(S(=O)(=O)Nc2ccc3c(c2)N(C(=O)C2CCCO2)CC3)cc1C. The van der Waals surface area contributed by atoms with Crippen molar-refractivity contribution in [1.29, 1.82) is 0 Å². The zero-order chi connectivity index (χ0) is 21.5. The van der Waals surface area contributed by atoms with Crippen molar-refractivity contribution in [3.8, 4) is 5.75 Å². The molecule has 2 aromatic rings. The van der Waals surface area contributed by atoms with Crippen LogP contribution in [-0.4, -0.2) is 40.7 Å². The molecular formula is C22H26N2O5S. The average molecular weight is 431 g/mol. The summed E-state index contributed by atoms with van der Waals surface area (Å²) in [7, 11) is -2.22. The maximum Gasteiger partial charge on any atom is 0.261 e. The summed E-state index contributed by atoms with van der Waals surface area (Å²) >= 11 is 0. The number of aryl methyl sites for hydroxylation is 2. The Bertz CT molecular complexity index is 1070. The van der Waals surface area contributed by atoms with Gasteiger partial charge in [-0.3, -0.25) is 9.52 Å². The van der Waals surface area contributed by atoms with E-state index in [1.54, 1.807) is 36.3 Å². The predicted molar refractivity (Wildman–Crippen MR) is 115 cm³/mol. The van der Waals surface area contributed by atoms with E-state index in [2.05, 4.69) is 4.72 Å². The Labute approximate surface area is 177 Å². The van der Waals surface area contributed by atoms with Crippen molar-refractivity contribution in [3.63, 3.8) is 0 Å². The summed E-state index contributed by atoms with van der Waals surface area (Å²) in [6.07, 6.45) is 1.96. The number of benzene rings is 2. The molecule has 7 nitrogen and oxygen atoms in total. The number of methoxy groups -OCH3 is 1. The van der Waals surface area contributed by atoms with Gasteiger partial charge in [-0.15, -0.1) is 0 Å². The zero-order valence-corrected chi connectivity index (χ0v) is 18.2. The number of hydrogen-bond acceptors (Lipinski definition) is 5. The highest BCUT2D eigenvalue weighted by atomic mass is 32.2. The van der Waals surface area contributed by atoms with Crippen LogP contribution in [0.5, 0.6) is 5.75 Å². The minimum atomic E-state index is -3.79. The number of hydrogen-bond donors (Lipinski definition) is 1. The van der Waals surface area contributed by atoms with E-state index < -0.39 is 16.1 Å². The van der Waals surface area contributed by atoms with Gasteiger partial charge in [-0.2, -0.15) is 0 Å². The molecule has 160 valence electrons. The molecule has 2 heterocycles. The second-order valence-electron chi connectivity index (χ2n) is 7.78. The largest absolute Gasteiger partial charge is 0.496 e. The van der Waals surface area contributed by atoms with Crippen molar-refractivity contribution in [3.05, 3.63) is 47.0 Å². The van der Waals surface area contributed by atoms with Gasteiger partial charge < -0.3 is 14.4 Å². The maximum atomic E-state index is 13.0. The molecule has 0 saturated carbocycles.